The molecular formula is C18H21F2N3O3. The molecule has 1 aliphatic heterocycles. The smallest absolute Gasteiger partial charge is 0.324 e. The summed E-state index contributed by atoms with van der Waals surface area (Å²) in [6.45, 7) is 1.60. The Morgan fingerprint density at radius 1 is 1.23 bits per heavy atom. The van der Waals surface area contributed by atoms with Crippen LogP contribution in [0.5, 0.6) is 0 Å². The molecule has 0 aromatic heterocycles. The molecule has 4 amide bonds. The second kappa shape index (κ2) is 7.01. The minimum absolute atomic E-state index is 0.0716. The third-order valence-corrected chi connectivity index (χ3v) is 5.23. The van der Waals surface area contributed by atoms with Gasteiger partial charge in [0.05, 0.1) is 0 Å². The van der Waals surface area contributed by atoms with Gasteiger partial charge in [-0.25, -0.2) is 13.6 Å². The third kappa shape index (κ3) is 3.54. The van der Waals surface area contributed by atoms with Crippen molar-refractivity contribution in [3.05, 3.63) is 29.8 Å². The van der Waals surface area contributed by atoms with E-state index < -0.39 is 41.6 Å². The number of carbonyl (C=O) groups excluding carboxylic acids is 3. The van der Waals surface area contributed by atoms with Crippen LogP contribution in [-0.2, 0) is 9.59 Å². The van der Waals surface area contributed by atoms with Crippen molar-refractivity contribution in [1.29, 1.82) is 0 Å². The lowest BCUT2D eigenvalue weighted by Gasteiger charge is -2.34. The van der Waals surface area contributed by atoms with E-state index in [-0.39, 0.29) is 5.69 Å². The van der Waals surface area contributed by atoms with E-state index in [1.165, 1.54) is 0 Å². The van der Waals surface area contributed by atoms with Crippen molar-refractivity contribution >= 4 is 23.5 Å². The fraction of sp³-hybridized carbons (Fsp3) is 0.500. The number of carbonyl (C=O) groups is 3. The van der Waals surface area contributed by atoms with Crippen LogP contribution in [0.3, 0.4) is 0 Å². The minimum Gasteiger partial charge on any atom is -0.324 e. The molecule has 140 valence electrons. The van der Waals surface area contributed by atoms with E-state index in [4.69, 9.17) is 0 Å². The van der Waals surface area contributed by atoms with E-state index in [9.17, 15) is 23.2 Å². The summed E-state index contributed by atoms with van der Waals surface area (Å²) >= 11 is 0. The molecule has 3 rings (SSSR count). The number of nitrogens with zero attached hydrogens (tertiary/aromatic N) is 1. The lowest BCUT2D eigenvalue weighted by atomic mass is 9.75. The van der Waals surface area contributed by atoms with Crippen molar-refractivity contribution in [2.24, 2.45) is 5.92 Å². The fourth-order valence-corrected chi connectivity index (χ4v) is 3.71. The first kappa shape index (κ1) is 18.3. The molecule has 0 bridgehead atoms. The van der Waals surface area contributed by atoms with Crippen molar-refractivity contribution in [3.63, 3.8) is 0 Å². The molecule has 1 spiro atoms. The van der Waals surface area contributed by atoms with Crippen molar-refractivity contribution in [3.8, 4) is 0 Å². The Morgan fingerprint density at radius 3 is 2.42 bits per heavy atom. The quantitative estimate of drug-likeness (QED) is 0.806. The summed E-state index contributed by atoms with van der Waals surface area (Å²) < 4.78 is 26.4. The monoisotopic (exact) mass is 365 g/mol. The Morgan fingerprint density at radius 2 is 1.85 bits per heavy atom. The molecule has 1 heterocycles. The summed E-state index contributed by atoms with van der Waals surface area (Å²) in [4.78, 5) is 37.9. The highest BCUT2D eigenvalue weighted by Crippen LogP contribution is 2.37. The van der Waals surface area contributed by atoms with Gasteiger partial charge in [0.1, 0.15) is 23.7 Å². The molecular weight excluding hydrogens is 344 g/mol. The van der Waals surface area contributed by atoms with Crippen LogP contribution in [0.15, 0.2) is 18.2 Å². The Kier molecular flexibility index (Phi) is 4.93. The van der Waals surface area contributed by atoms with Crippen LogP contribution in [-0.4, -0.2) is 34.8 Å². The Hall–Kier alpha value is -2.51. The lowest BCUT2D eigenvalue weighted by Crippen LogP contribution is -2.49. The largest absolute Gasteiger partial charge is 0.325 e. The maximum atomic E-state index is 13.2. The normalized spacial score (nSPS) is 25.5. The number of nitrogens with one attached hydrogen (secondary N) is 2. The highest BCUT2D eigenvalue weighted by atomic mass is 19.1. The number of amides is 4. The van der Waals surface area contributed by atoms with Crippen LogP contribution in [0.4, 0.5) is 19.3 Å². The van der Waals surface area contributed by atoms with Crippen LogP contribution >= 0.6 is 0 Å². The number of halogens is 2. The standard InChI is InChI=1S/C18H21F2N3O3/c1-2-11-3-5-18(6-4-11)16(25)23(17(26)22-18)10-15(24)21-14-8-12(19)7-13(20)9-14/h7-9,11H,2-6,10H2,1H3,(H,21,24)(H,22,26). The summed E-state index contributed by atoms with van der Waals surface area (Å²) in [6, 6.07) is 2.00. The van der Waals surface area contributed by atoms with Crippen molar-refractivity contribution in [1.82, 2.24) is 10.2 Å². The molecule has 1 aliphatic carbocycles. The molecule has 6 nitrogen and oxygen atoms in total. The Balaban J connectivity index is 1.65. The van der Waals surface area contributed by atoms with E-state index in [0.29, 0.717) is 24.8 Å². The number of hydrogen-bond acceptors (Lipinski definition) is 3. The van der Waals surface area contributed by atoms with Gasteiger partial charge in [-0.2, -0.15) is 0 Å². The van der Waals surface area contributed by atoms with Crippen LogP contribution in [0.25, 0.3) is 0 Å². The average molecular weight is 365 g/mol. The van der Waals surface area contributed by atoms with Crippen LogP contribution < -0.4 is 10.6 Å². The van der Waals surface area contributed by atoms with Crippen molar-refractivity contribution < 1.29 is 23.2 Å². The van der Waals surface area contributed by atoms with Gasteiger partial charge in [0.25, 0.3) is 5.91 Å². The first-order valence-corrected chi connectivity index (χ1v) is 8.73. The molecule has 8 heteroatoms. The highest BCUT2D eigenvalue weighted by molar-refractivity contribution is 6.10. The predicted molar refractivity (Wildman–Crippen MR) is 90.2 cm³/mol. The van der Waals surface area contributed by atoms with Gasteiger partial charge in [-0.3, -0.25) is 14.5 Å². The summed E-state index contributed by atoms with van der Waals surface area (Å²) in [5.41, 5.74) is -0.994. The van der Waals surface area contributed by atoms with Crippen LogP contribution in [0.1, 0.15) is 39.0 Å². The highest BCUT2D eigenvalue weighted by Gasteiger charge is 2.52. The average Bonchev–Trinajstić information content (AvgIpc) is 2.79. The number of anilines is 1. The van der Waals surface area contributed by atoms with Crippen molar-refractivity contribution in [2.45, 2.75) is 44.6 Å². The van der Waals surface area contributed by atoms with E-state index in [2.05, 4.69) is 17.6 Å². The number of hydrogen-bond donors (Lipinski definition) is 2. The Labute approximate surface area is 149 Å². The number of rotatable bonds is 4. The summed E-state index contributed by atoms with van der Waals surface area (Å²) in [6.07, 6.45) is 3.86. The van der Waals surface area contributed by atoms with E-state index in [1.54, 1.807) is 0 Å². The zero-order chi connectivity index (χ0) is 18.9. The third-order valence-electron chi connectivity index (χ3n) is 5.23. The molecule has 1 aromatic rings. The molecule has 1 saturated heterocycles. The SMILES string of the molecule is CCC1CCC2(CC1)NC(=O)N(CC(=O)Nc1cc(F)cc(F)c1)C2=O. The molecule has 26 heavy (non-hydrogen) atoms. The second-order valence-corrected chi connectivity index (χ2v) is 6.96. The second-order valence-electron chi connectivity index (χ2n) is 6.96. The van der Waals surface area contributed by atoms with Gasteiger partial charge in [0, 0.05) is 11.8 Å². The van der Waals surface area contributed by atoms with Crippen LogP contribution in [0.2, 0.25) is 0 Å². The number of benzene rings is 1. The number of urea groups is 1. The zero-order valence-corrected chi connectivity index (χ0v) is 14.5. The molecule has 1 saturated carbocycles. The molecule has 2 aliphatic rings. The molecule has 0 radical (unpaired) electrons. The topological polar surface area (TPSA) is 78.5 Å². The van der Waals surface area contributed by atoms with E-state index in [1.807, 2.05) is 0 Å². The van der Waals surface area contributed by atoms with Crippen LogP contribution in [0, 0.1) is 17.6 Å². The fourth-order valence-electron chi connectivity index (χ4n) is 3.71. The molecule has 2 fully saturated rings. The van der Waals surface area contributed by atoms with Crippen molar-refractivity contribution in [2.75, 3.05) is 11.9 Å². The summed E-state index contributed by atoms with van der Waals surface area (Å²) in [7, 11) is 0. The van der Waals surface area contributed by atoms with Gasteiger partial charge in [-0.15, -0.1) is 0 Å². The maximum Gasteiger partial charge on any atom is 0.325 e. The number of imide groups is 1. The summed E-state index contributed by atoms with van der Waals surface area (Å²) in [5, 5.41) is 5.04. The predicted octanol–water partition coefficient (Wildman–Crippen LogP) is 2.79. The lowest BCUT2D eigenvalue weighted by molar-refractivity contribution is -0.135. The maximum absolute atomic E-state index is 13.2. The van der Waals surface area contributed by atoms with Gasteiger partial charge < -0.3 is 10.6 Å². The van der Waals surface area contributed by atoms with Gasteiger partial charge in [0.2, 0.25) is 5.91 Å². The van der Waals surface area contributed by atoms with Gasteiger partial charge in [-0.1, -0.05) is 13.3 Å². The van der Waals surface area contributed by atoms with E-state index >= 15 is 0 Å². The Bertz CT molecular complexity index is 725. The molecule has 2 N–H and O–H groups in total. The zero-order valence-electron chi connectivity index (χ0n) is 14.5. The molecule has 0 unspecified atom stereocenters. The van der Waals surface area contributed by atoms with Gasteiger partial charge in [0.15, 0.2) is 0 Å². The first-order valence-electron chi connectivity index (χ1n) is 8.73. The molecule has 1 aromatic carbocycles. The van der Waals surface area contributed by atoms with E-state index in [0.717, 1.165) is 36.3 Å². The summed E-state index contributed by atoms with van der Waals surface area (Å²) in [5.74, 6) is -2.22. The minimum atomic E-state index is -0.923. The molecule has 0 atom stereocenters. The van der Waals surface area contributed by atoms with Gasteiger partial charge in [-0.05, 0) is 43.7 Å². The van der Waals surface area contributed by atoms with Gasteiger partial charge >= 0.3 is 6.03 Å². The first-order chi connectivity index (χ1) is 12.3.